The van der Waals surface area contributed by atoms with Gasteiger partial charge < -0.3 is 19.1 Å². The first kappa shape index (κ1) is 17.7. The molecule has 1 saturated heterocycles. The Labute approximate surface area is 150 Å². The molecule has 3 rings (SSSR count). The molecule has 1 aliphatic rings. The smallest absolute Gasteiger partial charge is 0.346 e. The van der Waals surface area contributed by atoms with Crippen LogP contribution in [-0.4, -0.2) is 44.3 Å². The van der Waals surface area contributed by atoms with Gasteiger partial charge in [0.1, 0.15) is 0 Å². The van der Waals surface area contributed by atoms with Crippen LogP contribution >= 0.6 is 0 Å². The Morgan fingerprint density at radius 1 is 1.15 bits per heavy atom. The minimum Gasteiger partial charge on any atom is -0.493 e. The Morgan fingerprint density at radius 2 is 1.85 bits per heavy atom. The summed E-state index contributed by atoms with van der Waals surface area (Å²) in [5.41, 5.74) is 0.541. The largest absolute Gasteiger partial charge is 0.493 e. The molecule has 0 bridgehead atoms. The Bertz CT molecular complexity index is 817. The number of carbonyl (C=O) groups is 1. The van der Waals surface area contributed by atoms with Gasteiger partial charge in [0, 0.05) is 25.2 Å². The normalized spacial score (nSPS) is 14.0. The van der Waals surface area contributed by atoms with E-state index in [-0.39, 0.29) is 17.0 Å². The van der Waals surface area contributed by atoms with Gasteiger partial charge in [-0.2, -0.15) is 0 Å². The minimum absolute atomic E-state index is 0.131. The van der Waals surface area contributed by atoms with Crippen LogP contribution in [0.15, 0.2) is 42.5 Å². The van der Waals surface area contributed by atoms with Gasteiger partial charge in [-0.15, -0.1) is 0 Å². The average molecular weight is 358 g/mol. The summed E-state index contributed by atoms with van der Waals surface area (Å²) in [6, 6.07) is 10.9. The molecule has 1 aliphatic heterocycles. The molecule has 0 atom stereocenters. The fourth-order valence-corrected chi connectivity index (χ4v) is 2.74. The number of morpholine rings is 1. The van der Waals surface area contributed by atoms with Gasteiger partial charge in [-0.3, -0.25) is 10.1 Å². The summed E-state index contributed by atoms with van der Waals surface area (Å²) in [4.78, 5) is 25.3. The second-order valence-corrected chi connectivity index (χ2v) is 5.60. The van der Waals surface area contributed by atoms with E-state index >= 15 is 0 Å². The highest BCUT2D eigenvalue weighted by atomic mass is 16.6. The van der Waals surface area contributed by atoms with Crippen LogP contribution in [0.2, 0.25) is 0 Å². The van der Waals surface area contributed by atoms with Gasteiger partial charge in [0.15, 0.2) is 11.5 Å². The SMILES string of the molecule is COc1ccccc1OC(=O)c1cc([N+](=O)[O-])ccc1N1CCOCC1. The molecule has 0 N–H and O–H groups in total. The van der Waals surface area contributed by atoms with E-state index in [4.69, 9.17) is 14.2 Å². The number of para-hydroxylation sites is 2. The standard InChI is InChI=1S/C18H18N2O6/c1-24-16-4-2-3-5-17(16)26-18(21)14-12-13(20(22)23)6-7-15(14)19-8-10-25-11-9-19/h2-7,12H,8-11H2,1H3. The third kappa shape index (κ3) is 3.75. The predicted molar refractivity (Wildman–Crippen MR) is 94.1 cm³/mol. The number of benzene rings is 2. The molecule has 0 amide bonds. The molecule has 136 valence electrons. The Kier molecular flexibility index (Phi) is 5.33. The Hall–Kier alpha value is -3.13. The zero-order valence-electron chi connectivity index (χ0n) is 14.2. The van der Waals surface area contributed by atoms with Crippen LogP contribution in [-0.2, 0) is 4.74 Å². The van der Waals surface area contributed by atoms with Crippen LogP contribution in [0.3, 0.4) is 0 Å². The van der Waals surface area contributed by atoms with Crippen LogP contribution in [0.1, 0.15) is 10.4 Å². The van der Waals surface area contributed by atoms with Crippen molar-refractivity contribution in [3.8, 4) is 11.5 Å². The maximum atomic E-state index is 12.8. The summed E-state index contributed by atoms with van der Waals surface area (Å²) in [6.07, 6.45) is 0. The molecular formula is C18H18N2O6. The lowest BCUT2D eigenvalue weighted by atomic mass is 10.1. The highest BCUT2D eigenvalue weighted by Gasteiger charge is 2.24. The quantitative estimate of drug-likeness (QED) is 0.351. The van der Waals surface area contributed by atoms with Crippen molar-refractivity contribution >= 4 is 17.3 Å². The lowest BCUT2D eigenvalue weighted by molar-refractivity contribution is -0.384. The number of anilines is 1. The van der Waals surface area contributed by atoms with E-state index in [1.165, 1.54) is 19.2 Å². The van der Waals surface area contributed by atoms with Gasteiger partial charge in [0.05, 0.1) is 36.5 Å². The van der Waals surface area contributed by atoms with Gasteiger partial charge in [-0.25, -0.2) is 4.79 Å². The number of carbonyl (C=O) groups excluding carboxylic acids is 1. The van der Waals surface area contributed by atoms with E-state index in [0.717, 1.165) is 0 Å². The van der Waals surface area contributed by atoms with Crippen molar-refractivity contribution in [1.29, 1.82) is 0 Å². The average Bonchev–Trinajstić information content (AvgIpc) is 2.68. The monoisotopic (exact) mass is 358 g/mol. The molecule has 0 spiro atoms. The summed E-state index contributed by atoms with van der Waals surface area (Å²) in [6.45, 7) is 2.23. The zero-order chi connectivity index (χ0) is 18.5. The van der Waals surface area contributed by atoms with Crippen LogP contribution < -0.4 is 14.4 Å². The van der Waals surface area contributed by atoms with Gasteiger partial charge in [-0.1, -0.05) is 12.1 Å². The number of nitrogens with zero attached hydrogens (tertiary/aromatic N) is 2. The van der Waals surface area contributed by atoms with Gasteiger partial charge in [0.25, 0.3) is 5.69 Å². The van der Waals surface area contributed by atoms with Crippen LogP contribution in [0.25, 0.3) is 0 Å². The molecule has 0 radical (unpaired) electrons. The maximum absolute atomic E-state index is 12.8. The second kappa shape index (κ2) is 7.83. The molecule has 2 aromatic rings. The van der Waals surface area contributed by atoms with E-state index < -0.39 is 10.9 Å². The van der Waals surface area contributed by atoms with Gasteiger partial charge >= 0.3 is 5.97 Å². The summed E-state index contributed by atoms with van der Waals surface area (Å²) < 4.78 is 15.9. The van der Waals surface area contributed by atoms with Gasteiger partial charge in [-0.05, 0) is 18.2 Å². The number of hydrogen-bond donors (Lipinski definition) is 0. The summed E-state index contributed by atoms with van der Waals surface area (Å²) in [5.74, 6) is -0.0293. The molecule has 0 aromatic heterocycles. The minimum atomic E-state index is -0.681. The van der Waals surface area contributed by atoms with Crippen molar-refractivity contribution in [1.82, 2.24) is 0 Å². The van der Waals surface area contributed by atoms with E-state index in [1.807, 2.05) is 4.90 Å². The van der Waals surface area contributed by atoms with E-state index in [1.54, 1.807) is 30.3 Å². The molecule has 2 aromatic carbocycles. The molecule has 0 saturated carbocycles. The lowest BCUT2D eigenvalue weighted by Gasteiger charge is -2.30. The Balaban J connectivity index is 1.96. The number of ether oxygens (including phenoxy) is 3. The molecule has 0 aliphatic carbocycles. The summed E-state index contributed by atoms with van der Waals surface area (Å²) in [7, 11) is 1.47. The third-order valence-electron chi connectivity index (χ3n) is 4.03. The lowest BCUT2D eigenvalue weighted by Crippen LogP contribution is -2.37. The first-order chi connectivity index (χ1) is 12.6. The third-order valence-corrected chi connectivity index (χ3v) is 4.03. The van der Waals surface area contributed by atoms with Crippen LogP contribution in [0.4, 0.5) is 11.4 Å². The summed E-state index contributed by atoms with van der Waals surface area (Å²) in [5, 5.41) is 11.1. The van der Waals surface area contributed by atoms with Crippen molar-refractivity contribution < 1.29 is 23.9 Å². The number of hydrogen-bond acceptors (Lipinski definition) is 7. The van der Waals surface area contributed by atoms with Crippen molar-refractivity contribution in [2.45, 2.75) is 0 Å². The molecule has 8 nitrogen and oxygen atoms in total. The molecular weight excluding hydrogens is 340 g/mol. The van der Waals surface area contributed by atoms with Crippen LogP contribution in [0.5, 0.6) is 11.5 Å². The summed E-state index contributed by atoms with van der Waals surface area (Å²) >= 11 is 0. The molecule has 1 heterocycles. The van der Waals surface area contributed by atoms with Gasteiger partial charge in [0.2, 0.25) is 0 Å². The van der Waals surface area contributed by atoms with Crippen molar-refractivity contribution in [2.75, 3.05) is 38.3 Å². The maximum Gasteiger partial charge on any atom is 0.346 e. The van der Waals surface area contributed by atoms with Crippen molar-refractivity contribution in [3.63, 3.8) is 0 Å². The molecule has 0 unspecified atom stereocenters. The van der Waals surface area contributed by atoms with E-state index in [9.17, 15) is 14.9 Å². The van der Waals surface area contributed by atoms with Crippen LogP contribution in [0, 0.1) is 10.1 Å². The highest BCUT2D eigenvalue weighted by Crippen LogP contribution is 2.30. The topological polar surface area (TPSA) is 91.1 Å². The molecule has 1 fully saturated rings. The number of rotatable bonds is 5. The predicted octanol–water partition coefficient (Wildman–Crippen LogP) is 2.66. The number of methoxy groups -OCH3 is 1. The second-order valence-electron chi connectivity index (χ2n) is 5.60. The Morgan fingerprint density at radius 3 is 2.50 bits per heavy atom. The van der Waals surface area contributed by atoms with Crippen molar-refractivity contribution in [3.05, 3.63) is 58.1 Å². The number of esters is 1. The van der Waals surface area contributed by atoms with Crippen molar-refractivity contribution in [2.24, 2.45) is 0 Å². The first-order valence-corrected chi connectivity index (χ1v) is 8.06. The molecule has 26 heavy (non-hydrogen) atoms. The van der Waals surface area contributed by atoms with E-state index in [0.29, 0.717) is 37.7 Å². The fraction of sp³-hybridized carbons (Fsp3) is 0.278. The number of nitro benzene ring substituents is 1. The number of non-ortho nitro benzene ring substituents is 1. The zero-order valence-corrected chi connectivity index (χ0v) is 14.2. The molecule has 8 heteroatoms. The van der Waals surface area contributed by atoms with E-state index in [2.05, 4.69) is 0 Å². The first-order valence-electron chi connectivity index (χ1n) is 8.06. The number of nitro groups is 1. The highest BCUT2D eigenvalue weighted by molar-refractivity contribution is 5.98. The fourth-order valence-electron chi connectivity index (χ4n) is 2.74.